The van der Waals surface area contributed by atoms with Crippen LogP contribution in [0, 0.1) is 0 Å². The van der Waals surface area contributed by atoms with Gasteiger partial charge in [-0.15, -0.1) is 0 Å². The van der Waals surface area contributed by atoms with E-state index in [4.69, 9.17) is 9.05 Å². The van der Waals surface area contributed by atoms with Crippen molar-refractivity contribution < 1.29 is 32.9 Å². The third kappa shape index (κ3) is 41.9. The molecule has 0 aromatic rings. The van der Waals surface area contributed by atoms with Crippen molar-refractivity contribution >= 4 is 13.7 Å². The lowest BCUT2D eigenvalue weighted by Crippen LogP contribution is -2.45. The molecule has 0 spiro atoms. The molecule has 0 saturated carbocycles. The van der Waals surface area contributed by atoms with Gasteiger partial charge in [-0.3, -0.25) is 9.36 Å². The average molecular weight is 819 g/mol. The first-order valence-corrected chi connectivity index (χ1v) is 24.3. The number of quaternary nitrogens is 1. The van der Waals surface area contributed by atoms with Crippen molar-refractivity contribution in [1.29, 1.82) is 0 Å². The summed E-state index contributed by atoms with van der Waals surface area (Å²) < 4.78 is 23.1. The minimum absolute atomic E-state index is 0.0133. The van der Waals surface area contributed by atoms with Crippen LogP contribution in [0.3, 0.4) is 0 Å². The van der Waals surface area contributed by atoms with Crippen LogP contribution in [0.2, 0.25) is 0 Å². The van der Waals surface area contributed by atoms with E-state index in [9.17, 15) is 19.4 Å². The molecule has 330 valence electrons. The van der Waals surface area contributed by atoms with Gasteiger partial charge in [-0.2, -0.15) is 0 Å². The van der Waals surface area contributed by atoms with E-state index >= 15 is 0 Å². The summed E-state index contributed by atoms with van der Waals surface area (Å²) in [5, 5.41) is 13.7. The van der Waals surface area contributed by atoms with Gasteiger partial charge < -0.3 is 28.8 Å². The van der Waals surface area contributed by atoms with Crippen molar-refractivity contribution in [3.8, 4) is 0 Å². The van der Waals surface area contributed by atoms with E-state index in [1.165, 1.54) is 89.9 Å². The highest BCUT2D eigenvalue weighted by Gasteiger charge is 2.23. The van der Waals surface area contributed by atoms with Crippen LogP contribution in [0.15, 0.2) is 72.9 Å². The molecule has 0 aliphatic carbocycles. The molecule has 2 N–H and O–H groups in total. The number of allylic oxidation sites excluding steroid dienone is 11. The van der Waals surface area contributed by atoms with Gasteiger partial charge in [0.05, 0.1) is 39.9 Å². The Morgan fingerprint density at radius 3 is 1.61 bits per heavy atom. The molecule has 3 unspecified atom stereocenters. The van der Waals surface area contributed by atoms with Crippen LogP contribution in [-0.4, -0.2) is 68.5 Å². The highest BCUT2D eigenvalue weighted by atomic mass is 31.2. The zero-order valence-corrected chi connectivity index (χ0v) is 38.2. The molecule has 0 radical (unpaired) electrons. The fourth-order valence-electron chi connectivity index (χ4n) is 6.02. The van der Waals surface area contributed by atoms with E-state index in [-0.39, 0.29) is 12.5 Å². The number of phosphoric ester groups is 1. The zero-order valence-electron chi connectivity index (χ0n) is 37.3. The summed E-state index contributed by atoms with van der Waals surface area (Å²) in [5.74, 6) is -0.222. The molecule has 57 heavy (non-hydrogen) atoms. The average Bonchev–Trinajstić information content (AvgIpc) is 3.16. The largest absolute Gasteiger partial charge is 0.756 e. The molecule has 0 saturated heterocycles. The lowest BCUT2D eigenvalue weighted by molar-refractivity contribution is -0.870. The van der Waals surface area contributed by atoms with Crippen LogP contribution in [0.25, 0.3) is 0 Å². The highest BCUT2D eigenvalue weighted by molar-refractivity contribution is 7.45. The van der Waals surface area contributed by atoms with E-state index in [2.05, 4.69) is 79.9 Å². The van der Waals surface area contributed by atoms with Gasteiger partial charge in [0.2, 0.25) is 5.91 Å². The second-order valence-corrected chi connectivity index (χ2v) is 17.8. The first-order valence-electron chi connectivity index (χ1n) is 22.8. The summed E-state index contributed by atoms with van der Waals surface area (Å²) in [4.78, 5) is 25.2. The molecule has 0 aromatic carbocycles. The standard InChI is InChI=1S/C48H87N2O6P/c1-6-8-10-12-14-16-18-19-20-21-22-23-24-25-26-27-28-29-30-31-32-34-36-38-40-42-48(52)49-46(45-56-57(53,54)55-44-43-50(3,4)5)47(51)41-39-37-35-33-17-15-13-11-9-7-2/h9,11,17-19,21-22,24-25,33,39,41,46-47,51H,6-8,10,12-16,20,23,26-32,34-38,40,42-45H2,1-5H3,(H-,49,52,53,54)/b11-9+,19-18-,22-21-,25-24-,33-17+,41-39+. The van der Waals surface area contributed by atoms with Crippen LogP contribution in [-0.2, 0) is 18.4 Å². The summed E-state index contributed by atoms with van der Waals surface area (Å²) in [6.07, 6.45) is 52.6. The van der Waals surface area contributed by atoms with Crippen LogP contribution in [0.4, 0.5) is 0 Å². The third-order valence-corrected chi connectivity index (χ3v) is 10.6. The van der Waals surface area contributed by atoms with Crippen LogP contribution in [0.1, 0.15) is 174 Å². The number of nitrogens with one attached hydrogen (secondary N) is 1. The summed E-state index contributed by atoms with van der Waals surface area (Å²) in [5.41, 5.74) is 0. The van der Waals surface area contributed by atoms with Crippen molar-refractivity contribution in [2.75, 3.05) is 40.9 Å². The van der Waals surface area contributed by atoms with Crippen molar-refractivity contribution in [1.82, 2.24) is 5.32 Å². The number of hydrogen-bond acceptors (Lipinski definition) is 6. The molecule has 0 fully saturated rings. The molecule has 0 aliphatic heterocycles. The maximum absolute atomic E-state index is 12.8. The highest BCUT2D eigenvalue weighted by Crippen LogP contribution is 2.38. The molecule has 0 rings (SSSR count). The van der Waals surface area contributed by atoms with Crippen LogP contribution < -0.4 is 10.2 Å². The number of carbonyl (C=O) groups excluding carboxylic acids is 1. The molecular weight excluding hydrogens is 732 g/mol. The molecule has 0 bridgehead atoms. The number of carbonyl (C=O) groups is 1. The number of phosphoric acid groups is 1. The van der Waals surface area contributed by atoms with Crippen molar-refractivity contribution in [3.63, 3.8) is 0 Å². The zero-order chi connectivity index (χ0) is 42.1. The van der Waals surface area contributed by atoms with Gasteiger partial charge in [-0.05, 0) is 77.0 Å². The van der Waals surface area contributed by atoms with Gasteiger partial charge in [0.1, 0.15) is 13.2 Å². The van der Waals surface area contributed by atoms with Gasteiger partial charge in [0.25, 0.3) is 7.82 Å². The normalized spacial score (nSPS) is 15.0. The number of aliphatic hydroxyl groups excluding tert-OH is 1. The molecule has 8 nitrogen and oxygen atoms in total. The number of rotatable bonds is 40. The summed E-state index contributed by atoms with van der Waals surface area (Å²) in [6.45, 7) is 4.46. The minimum atomic E-state index is -4.60. The van der Waals surface area contributed by atoms with Crippen LogP contribution in [0.5, 0.6) is 0 Å². The first kappa shape index (κ1) is 54.9. The number of aliphatic hydroxyl groups is 1. The predicted molar refractivity (Wildman–Crippen MR) is 242 cm³/mol. The van der Waals surface area contributed by atoms with Gasteiger partial charge >= 0.3 is 0 Å². The molecular formula is C48H87N2O6P. The van der Waals surface area contributed by atoms with Crippen molar-refractivity contribution in [2.24, 2.45) is 0 Å². The second kappa shape index (κ2) is 39.4. The molecule has 0 aliphatic rings. The minimum Gasteiger partial charge on any atom is -0.756 e. The maximum Gasteiger partial charge on any atom is 0.268 e. The van der Waals surface area contributed by atoms with E-state index in [1.807, 2.05) is 27.2 Å². The number of nitrogens with zero attached hydrogens (tertiary/aromatic N) is 1. The molecule has 0 aromatic heterocycles. The second-order valence-electron chi connectivity index (χ2n) is 16.4. The Kier molecular flexibility index (Phi) is 38.0. The van der Waals surface area contributed by atoms with Gasteiger partial charge in [-0.25, -0.2) is 0 Å². The van der Waals surface area contributed by atoms with E-state index < -0.39 is 26.6 Å². The van der Waals surface area contributed by atoms with Gasteiger partial charge in [0.15, 0.2) is 0 Å². The van der Waals surface area contributed by atoms with Gasteiger partial charge in [-0.1, -0.05) is 164 Å². The number of likely N-dealkylation sites (N-methyl/N-ethyl adjacent to an activating group) is 1. The van der Waals surface area contributed by atoms with E-state index in [0.717, 1.165) is 64.2 Å². The third-order valence-electron chi connectivity index (χ3n) is 9.63. The molecule has 9 heteroatoms. The Bertz CT molecular complexity index is 1160. The SMILES string of the molecule is CC/C=C/CC/C=C/CC/C=C/C(O)C(COP(=O)([O-])OCC[N+](C)(C)C)NC(=O)CCCCCCCCCCCC/C=C\C/C=C\C/C=C\CCCCCCC. The summed E-state index contributed by atoms with van der Waals surface area (Å²) in [6, 6.07) is -0.913. The van der Waals surface area contributed by atoms with Crippen molar-refractivity contribution in [2.45, 2.75) is 187 Å². The molecule has 1 amide bonds. The molecule has 3 atom stereocenters. The number of unbranched alkanes of at least 4 members (excludes halogenated alkanes) is 17. The van der Waals surface area contributed by atoms with E-state index in [1.54, 1.807) is 6.08 Å². The van der Waals surface area contributed by atoms with Crippen LogP contribution >= 0.6 is 7.82 Å². The Hall–Kier alpha value is -2.06. The monoisotopic (exact) mass is 819 g/mol. The Balaban J connectivity index is 4.26. The lowest BCUT2D eigenvalue weighted by atomic mass is 10.0. The topological polar surface area (TPSA) is 108 Å². The first-order chi connectivity index (χ1) is 27.5. The summed E-state index contributed by atoms with van der Waals surface area (Å²) >= 11 is 0. The van der Waals surface area contributed by atoms with E-state index in [0.29, 0.717) is 17.4 Å². The fraction of sp³-hybridized carbons (Fsp3) is 0.729. The Labute approximate surface area is 351 Å². The van der Waals surface area contributed by atoms with Crippen molar-refractivity contribution in [3.05, 3.63) is 72.9 Å². The maximum atomic E-state index is 12.8. The predicted octanol–water partition coefficient (Wildman–Crippen LogP) is 12.2. The number of hydrogen-bond donors (Lipinski definition) is 2. The number of amides is 1. The fourth-order valence-corrected chi connectivity index (χ4v) is 6.74. The smallest absolute Gasteiger partial charge is 0.268 e. The van der Waals surface area contributed by atoms with Gasteiger partial charge in [0, 0.05) is 6.42 Å². The lowest BCUT2D eigenvalue weighted by Gasteiger charge is -2.29. The summed E-state index contributed by atoms with van der Waals surface area (Å²) in [7, 11) is 1.22. The quantitative estimate of drug-likeness (QED) is 0.0276. The Morgan fingerprint density at radius 2 is 1.09 bits per heavy atom. The molecule has 0 heterocycles. The Morgan fingerprint density at radius 1 is 0.632 bits per heavy atom.